The highest BCUT2D eigenvalue weighted by molar-refractivity contribution is 5.96. The number of hydrogen-bond donors (Lipinski definition) is 1. The molecule has 0 radical (unpaired) electrons. The summed E-state index contributed by atoms with van der Waals surface area (Å²) in [5, 5.41) is 14.1. The minimum Gasteiger partial charge on any atom is -0.490 e. The second kappa shape index (κ2) is 13.4. The number of hydrazine groups is 1. The molecule has 11 nitrogen and oxygen atoms in total. The first kappa shape index (κ1) is 34.0. The third kappa shape index (κ3) is 8.30. The highest BCUT2D eigenvalue weighted by Gasteiger charge is 2.43. The van der Waals surface area contributed by atoms with Crippen LogP contribution in [0, 0.1) is 6.92 Å². The summed E-state index contributed by atoms with van der Waals surface area (Å²) in [5.74, 6) is -0.615. The van der Waals surface area contributed by atoms with E-state index in [0.717, 1.165) is 15.8 Å². The zero-order chi connectivity index (χ0) is 33.0. The fourth-order valence-electron chi connectivity index (χ4n) is 4.49. The van der Waals surface area contributed by atoms with Gasteiger partial charge < -0.3 is 24.1 Å². The summed E-state index contributed by atoms with van der Waals surface area (Å²) in [6.45, 7) is 17.5. The molecule has 0 fully saturated rings. The molecule has 2 aromatic carbocycles. The number of aryl methyl sites for hydroxylation is 1. The molecule has 0 spiro atoms. The van der Waals surface area contributed by atoms with Gasteiger partial charge in [-0.2, -0.15) is 0 Å². The maximum Gasteiger partial charge on any atom is 0.439 e. The van der Waals surface area contributed by atoms with E-state index in [1.165, 1.54) is 6.07 Å². The van der Waals surface area contributed by atoms with E-state index in [9.17, 15) is 19.5 Å². The second-order valence-corrected chi connectivity index (χ2v) is 12.5. The molecule has 0 aliphatic rings. The van der Waals surface area contributed by atoms with Gasteiger partial charge in [0.1, 0.15) is 11.2 Å². The van der Waals surface area contributed by atoms with Crippen LogP contribution in [-0.2, 0) is 14.3 Å². The van der Waals surface area contributed by atoms with Crippen molar-refractivity contribution in [1.82, 2.24) is 9.99 Å². The number of carbonyl (C=O) groups is 3. The Labute approximate surface area is 258 Å². The molecule has 44 heavy (non-hydrogen) atoms. The van der Waals surface area contributed by atoms with Gasteiger partial charge in [0.2, 0.25) is 0 Å². The predicted octanol–water partition coefficient (Wildman–Crippen LogP) is 7.45. The standard InChI is InChI=1S/C33H43N3O8/c1-11-41-27-18-22(13-15-26(27)42-20(2)3)28(29(37)38)35(25-14-12-23-19-34-17-16-24(23)21(25)4)36(30(39)43-32(5,6)7)31(40)44-33(8,9)10/h12-20,28H,11H2,1-10H3,(H,37,38). The Bertz CT molecular complexity index is 1480. The second-order valence-electron chi connectivity index (χ2n) is 12.5. The van der Waals surface area contributed by atoms with Gasteiger partial charge in [0.05, 0.1) is 18.4 Å². The summed E-state index contributed by atoms with van der Waals surface area (Å²) in [4.78, 5) is 45.2. The summed E-state index contributed by atoms with van der Waals surface area (Å²) in [6, 6.07) is 8.24. The van der Waals surface area contributed by atoms with Gasteiger partial charge in [-0.15, -0.1) is 5.01 Å². The van der Waals surface area contributed by atoms with Gasteiger partial charge in [0.25, 0.3) is 0 Å². The minimum atomic E-state index is -1.62. The molecule has 0 saturated carbocycles. The van der Waals surface area contributed by atoms with Crippen molar-refractivity contribution in [3.05, 3.63) is 59.9 Å². The van der Waals surface area contributed by atoms with E-state index in [1.54, 1.807) is 98.1 Å². The average Bonchev–Trinajstić information content (AvgIpc) is 2.88. The monoisotopic (exact) mass is 609 g/mol. The van der Waals surface area contributed by atoms with Gasteiger partial charge in [-0.05, 0) is 110 Å². The SMILES string of the molecule is CCOc1cc(C(C(=O)O)N(c2ccc3cnccc3c2C)N(C(=O)OC(C)(C)C)C(=O)OC(C)(C)C)ccc1OC(C)C. The number of ether oxygens (including phenoxy) is 4. The Kier molecular flexibility index (Phi) is 10.3. The Morgan fingerprint density at radius 2 is 1.52 bits per heavy atom. The van der Waals surface area contributed by atoms with Crippen LogP contribution in [0.4, 0.5) is 15.3 Å². The predicted molar refractivity (Wildman–Crippen MR) is 167 cm³/mol. The van der Waals surface area contributed by atoms with E-state index in [0.29, 0.717) is 28.7 Å². The number of aliphatic carboxylic acids is 1. The van der Waals surface area contributed by atoms with E-state index in [1.807, 2.05) is 13.8 Å². The molecule has 11 heteroatoms. The maximum atomic E-state index is 13.9. The summed E-state index contributed by atoms with van der Waals surface area (Å²) in [6.07, 6.45) is 0.886. The summed E-state index contributed by atoms with van der Waals surface area (Å²) >= 11 is 0. The first-order chi connectivity index (χ1) is 20.4. The summed E-state index contributed by atoms with van der Waals surface area (Å²) < 4.78 is 23.0. The Morgan fingerprint density at radius 3 is 2.05 bits per heavy atom. The summed E-state index contributed by atoms with van der Waals surface area (Å²) in [7, 11) is 0. The van der Waals surface area contributed by atoms with Crippen LogP contribution < -0.4 is 14.5 Å². The van der Waals surface area contributed by atoms with Crippen molar-refractivity contribution < 1.29 is 38.4 Å². The minimum absolute atomic E-state index is 0.170. The highest BCUT2D eigenvalue weighted by atomic mass is 16.6. The number of carboxylic acid groups (broad SMARTS) is 1. The van der Waals surface area contributed by atoms with Crippen LogP contribution in [0.15, 0.2) is 48.8 Å². The molecule has 1 atom stereocenters. The number of rotatable bonds is 9. The number of nitrogens with zero attached hydrogens (tertiary/aromatic N) is 3. The molecule has 2 amide bonds. The number of pyridine rings is 1. The number of carbonyl (C=O) groups excluding carboxylic acids is 2. The lowest BCUT2D eigenvalue weighted by molar-refractivity contribution is -0.139. The van der Waals surface area contributed by atoms with E-state index < -0.39 is 35.4 Å². The lowest BCUT2D eigenvalue weighted by Gasteiger charge is -2.40. The zero-order valence-corrected chi connectivity index (χ0v) is 27.1. The van der Waals surface area contributed by atoms with Crippen molar-refractivity contribution in [2.24, 2.45) is 0 Å². The van der Waals surface area contributed by atoms with E-state index in [-0.39, 0.29) is 17.4 Å². The number of hydrogen-bond acceptors (Lipinski definition) is 9. The van der Waals surface area contributed by atoms with E-state index in [2.05, 4.69) is 4.98 Å². The fourth-order valence-corrected chi connectivity index (χ4v) is 4.49. The molecule has 1 heterocycles. The van der Waals surface area contributed by atoms with E-state index in [4.69, 9.17) is 18.9 Å². The van der Waals surface area contributed by atoms with Crippen LogP contribution in [0.1, 0.15) is 79.5 Å². The van der Waals surface area contributed by atoms with Crippen molar-refractivity contribution >= 4 is 34.6 Å². The van der Waals surface area contributed by atoms with Crippen LogP contribution in [0.25, 0.3) is 10.8 Å². The van der Waals surface area contributed by atoms with Crippen molar-refractivity contribution in [2.75, 3.05) is 11.6 Å². The van der Waals surface area contributed by atoms with Crippen LogP contribution in [0.2, 0.25) is 0 Å². The molecule has 3 rings (SSSR count). The van der Waals surface area contributed by atoms with Gasteiger partial charge >= 0.3 is 18.2 Å². The zero-order valence-electron chi connectivity index (χ0n) is 27.1. The highest BCUT2D eigenvalue weighted by Crippen LogP contribution is 2.39. The van der Waals surface area contributed by atoms with Gasteiger partial charge in [-0.3, -0.25) is 9.99 Å². The molecule has 1 unspecified atom stereocenters. The molecule has 1 N–H and O–H groups in total. The number of amides is 2. The molecule has 1 aromatic heterocycles. The average molecular weight is 610 g/mol. The quantitative estimate of drug-likeness (QED) is 0.244. The smallest absolute Gasteiger partial charge is 0.439 e. The van der Waals surface area contributed by atoms with Crippen LogP contribution in [0.5, 0.6) is 11.5 Å². The number of aromatic nitrogens is 1. The Morgan fingerprint density at radius 1 is 0.909 bits per heavy atom. The van der Waals surface area contributed by atoms with Crippen molar-refractivity contribution in [1.29, 1.82) is 0 Å². The van der Waals surface area contributed by atoms with Crippen molar-refractivity contribution in [3.8, 4) is 11.5 Å². The van der Waals surface area contributed by atoms with Crippen LogP contribution >= 0.6 is 0 Å². The number of fused-ring (bicyclic) bond motifs is 1. The lowest BCUT2D eigenvalue weighted by atomic mass is 10.0. The fraction of sp³-hybridized carbons (Fsp3) is 0.455. The number of anilines is 1. The van der Waals surface area contributed by atoms with Crippen molar-refractivity contribution in [2.45, 2.75) is 92.6 Å². The first-order valence-electron chi connectivity index (χ1n) is 14.5. The first-order valence-corrected chi connectivity index (χ1v) is 14.5. The van der Waals surface area contributed by atoms with Gasteiger partial charge in [-0.1, -0.05) is 12.1 Å². The number of carboxylic acids is 1. The van der Waals surface area contributed by atoms with Gasteiger partial charge in [0.15, 0.2) is 17.5 Å². The molecule has 3 aromatic rings. The third-order valence-corrected chi connectivity index (χ3v) is 6.08. The molecule has 0 aliphatic heterocycles. The largest absolute Gasteiger partial charge is 0.490 e. The summed E-state index contributed by atoms with van der Waals surface area (Å²) in [5.41, 5.74) is -0.983. The molecule has 0 saturated heterocycles. The topological polar surface area (TPSA) is 128 Å². The molecular formula is C33H43N3O8. The number of benzene rings is 2. The van der Waals surface area contributed by atoms with Gasteiger partial charge in [-0.25, -0.2) is 14.4 Å². The normalized spacial score (nSPS) is 12.4. The lowest BCUT2D eigenvalue weighted by Crippen LogP contribution is -2.56. The maximum absolute atomic E-state index is 13.9. The Balaban J connectivity index is 2.39. The van der Waals surface area contributed by atoms with E-state index >= 15 is 0 Å². The molecule has 238 valence electrons. The number of imide groups is 1. The van der Waals surface area contributed by atoms with Crippen LogP contribution in [0.3, 0.4) is 0 Å². The van der Waals surface area contributed by atoms with Gasteiger partial charge in [0, 0.05) is 17.8 Å². The molecular weight excluding hydrogens is 566 g/mol. The third-order valence-electron chi connectivity index (χ3n) is 6.08. The molecule has 0 bridgehead atoms. The Hall–Kier alpha value is -4.54. The van der Waals surface area contributed by atoms with Crippen LogP contribution in [-0.4, -0.2) is 57.2 Å². The van der Waals surface area contributed by atoms with Crippen molar-refractivity contribution in [3.63, 3.8) is 0 Å². The molecule has 0 aliphatic carbocycles.